The van der Waals surface area contributed by atoms with Crippen LogP contribution in [0.5, 0.6) is 0 Å². The number of nitrogens with two attached hydrogens (primary N) is 1. The second-order valence-corrected chi connectivity index (χ2v) is 5.58. The first-order chi connectivity index (χ1) is 8.99. The average Bonchev–Trinajstić information content (AvgIpc) is 2.68. The van der Waals surface area contributed by atoms with Gasteiger partial charge >= 0.3 is 0 Å². The number of nitrogen functional groups attached to an aromatic ring is 1. The highest BCUT2D eigenvalue weighted by Crippen LogP contribution is 2.14. The number of methoxy groups -OCH3 is 1. The number of imidazole rings is 1. The fourth-order valence-electron chi connectivity index (χ4n) is 1.46. The van der Waals surface area contributed by atoms with Gasteiger partial charge in [0.05, 0.1) is 19.5 Å². The third kappa shape index (κ3) is 4.78. The van der Waals surface area contributed by atoms with Crippen LogP contribution in [0.15, 0.2) is 11.4 Å². The van der Waals surface area contributed by atoms with E-state index in [1.165, 1.54) is 10.9 Å². The molecule has 0 atom stereocenters. The van der Waals surface area contributed by atoms with Crippen molar-refractivity contribution in [2.75, 3.05) is 39.2 Å². The lowest BCUT2D eigenvalue weighted by Crippen LogP contribution is -2.28. The molecule has 0 fully saturated rings. The molecule has 0 radical (unpaired) electrons. The number of ether oxygens (including phenoxy) is 2. The Hall–Kier alpha value is -1.16. The molecule has 0 aromatic carbocycles. The molecule has 0 spiro atoms. The summed E-state index contributed by atoms with van der Waals surface area (Å²) in [4.78, 5) is 3.74. The minimum atomic E-state index is -3.63. The summed E-state index contributed by atoms with van der Waals surface area (Å²) in [6.07, 6.45) is 1.93. The summed E-state index contributed by atoms with van der Waals surface area (Å²) in [6.45, 7) is 1.77. The van der Waals surface area contributed by atoms with Crippen molar-refractivity contribution >= 4 is 15.8 Å². The number of hydrogen-bond donors (Lipinski definition) is 2. The lowest BCUT2D eigenvalue weighted by Gasteiger charge is -2.08. The van der Waals surface area contributed by atoms with E-state index in [9.17, 15) is 8.42 Å². The number of hydrogen-bond acceptors (Lipinski definition) is 6. The number of nitrogens with zero attached hydrogens (tertiary/aromatic N) is 2. The molecule has 0 aliphatic carbocycles. The predicted octanol–water partition coefficient (Wildman–Crippen LogP) is -0.666. The minimum Gasteiger partial charge on any atom is -0.382 e. The van der Waals surface area contributed by atoms with Crippen molar-refractivity contribution in [2.24, 2.45) is 7.05 Å². The van der Waals surface area contributed by atoms with E-state index < -0.39 is 10.0 Å². The van der Waals surface area contributed by atoms with Gasteiger partial charge in [0.1, 0.15) is 0 Å². The molecule has 1 rings (SSSR count). The van der Waals surface area contributed by atoms with Crippen molar-refractivity contribution in [3.8, 4) is 0 Å². The van der Waals surface area contributed by atoms with Crippen LogP contribution < -0.4 is 10.5 Å². The summed E-state index contributed by atoms with van der Waals surface area (Å²) in [5.41, 5.74) is 5.52. The van der Waals surface area contributed by atoms with E-state index in [4.69, 9.17) is 15.2 Å². The molecule has 110 valence electrons. The van der Waals surface area contributed by atoms with Gasteiger partial charge in [0.15, 0.2) is 10.8 Å². The maximum Gasteiger partial charge on any atom is 0.260 e. The molecule has 9 heteroatoms. The lowest BCUT2D eigenvalue weighted by molar-refractivity contribution is 0.0699. The van der Waals surface area contributed by atoms with E-state index in [-0.39, 0.29) is 17.4 Å². The fourth-order valence-corrected chi connectivity index (χ4v) is 2.76. The van der Waals surface area contributed by atoms with Crippen molar-refractivity contribution < 1.29 is 17.9 Å². The maximum atomic E-state index is 12.0. The predicted molar refractivity (Wildman–Crippen MR) is 70.1 cm³/mol. The molecule has 0 saturated carbocycles. The van der Waals surface area contributed by atoms with Gasteiger partial charge in [0.2, 0.25) is 0 Å². The van der Waals surface area contributed by atoms with E-state index >= 15 is 0 Å². The van der Waals surface area contributed by atoms with Gasteiger partial charge in [0.25, 0.3) is 10.0 Å². The summed E-state index contributed by atoms with van der Waals surface area (Å²) in [5.74, 6) is -0.00801. The number of anilines is 1. The summed E-state index contributed by atoms with van der Waals surface area (Å²) < 4.78 is 37.8. The Morgan fingerprint density at radius 2 is 2.16 bits per heavy atom. The number of aromatic nitrogens is 2. The molecule has 0 amide bonds. The standard InChI is InChI=1S/C10H20N4O4S/c1-14-8-12-9(11)10(14)19(15,16)13-4-3-5-18-7-6-17-2/h8,13H,3-7,11H2,1-2H3. The Balaban J connectivity index is 2.36. The normalized spacial score (nSPS) is 11.9. The highest BCUT2D eigenvalue weighted by Gasteiger charge is 2.21. The first-order valence-electron chi connectivity index (χ1n) is 5.82. The van der Waals surface area contributed by atoms with E-state index in [0.29, 0.717) is 26.2 Å². The van der Waals surface area contributed by atoms with E-state index in [0.717, 1.165) is 0 Å². The van der Waals surface area contributed by atoms with Gasteiger partial charge in [-0.3, -0.25) is 0 Å². The van der Waals surface area contributed by atoms with Gasteiger partial charge in [-0.15, -0.1) is 0 Å². The van der Waals surface area contributed by atoms with Crippen molar-refractivity contribution in [1.82, 2.24) is 14.3 Å². The molecule has 1 aromatic rings. The van der Waals surface area contributed by atoms with Gasteiger partial charge in [-0.05, 0) is 6.42 Å². The highest BCUT2D eigenvalue weighted by molar-refractivity contribution is 7.89. The molecule has 1 aromatic heterocycles. The second-order valence-electron chi connectivity index (χ2n) is 3.90. The van der Waals surface area contributed by atoms with Crippen LogP contribution in [0.1, 0.15) is 6.42 Å². The average molecular weight is 292 g/mol. The monoisotopic (exact) mass is 292 g/mol. The Morgan fingerprint density at radius 1 is 1.42 bits per heavy atom. The number of aryl methyl sites for hydroxylation is 1. The molecular weight excluding hydrogens is 272 g/mol. The van der Waals surface area contributed by atoms with Gasteiger partial charge in [-0.25, -0.2) is 18.1 Å². The number of sulfonamides is 1. The Morgan fingerprint density at radius 3 is 2.74 bits per heavy atom. The highest BCUT2D eigenvalue weighted by atomic mass is 32.2. The first kappa shape index (κ1) is 15.9. The number of rotatable bonds is 9. The van der Waals surface area contributed by atoms with E-state index in [1.807, 2.05) is 0 Å². The second kappa shape index (κ2) is 7.43. The molecule has 0 aliphatic rings. The van der Waals surface area contributed by atoms with E-state index in [2.05, 4.69) is 9.71 Å². The van der Waals surface area contributed by atoms with Crippen molar-refractivity contribution in [3.05, 3.63) is 6.33 Å². The lowest BCUT2D eigenvalue weighted by atomic mass is 10.5. The molecule has 0 unspecified atom stereocenters. The maximum absolute atomic E-state index is 12.0. The molecule has 0 aliphatic heterocycles. The topological polar surface area (TPSA) is 108 Å². The van der Waals surface area contributed by atoms with Crippen LogP contribution in [0.3, 0.4) is 0 Å². The van der Waals surface area contributed by atoms with Crippen molar-refractivity contribution in [1.29, 1.82) is 0 Å². The van der Waals surface area contributed by atoms with Crippen molar-refractivity contribution in [2.45, 2.75) is 11.4 Å². The van der Waals surface area contributed by atoms with Crippen LogP contribution in [0.4, 0.5) is 5.82 Å². The SMILES string of the molecule is COCCOCCCNS(=O)(=O)c1c(N)ncn1C. The van der Waals surface area contributed by atoms with Crippen molar-refractivity contribution in [3.63, 3.8) is 0 Å². The van der Waals surface area contributed by atoms with Crippen LogP contribution in [0.25, 0.3) is 0 Å². The third-order valence-electron chi connectivity index (χ3n) is 2.35. The third-order valence-corrected chi connectivity index (χ3v) is 3.94. The number of nitrogens with one attached hydrogen (secondary N) is 1. The molecule has 1 heterocycles. The summed E-state index contributed by atoms with van der Waals surface area (Å²) >= 11 is 0. The van der Waals surface area contributed by atoms with Gasteiger partial charge in [-0.2, -0.15) is 0 Å². The molecule has 0 saturated heterocycles. The Kier molecular flexibility index (Phi) is 6.22. The zero-order valence-corrected chi connectivity index (χ0v) is 11.9. The molecule has 8 nitrogen and oxygen atoms in total. The molecular formula is C10H20N4O4S. The molecule has 0 bridgehead atoms. The largest absolute Gasteiger partial charge is 0.382 e. The van der Waals surface area contributed by atoms with Crippen LogP contribution in [0.2, 0.25) is 0 Å². The van der Waals surface area contributed by atoms with Gasteiger partial charge in [0, 0.05) is 27.3 Å². The van der Waals surface area contributed by atoms with Crippen LogP contribution in [-0.2, 0) is 26.5 Å². The minimum absolute atomic E-state index is 0.00801. The molecule has 3 N–H and O–H groups in total. The molecule has 19 heavy (non-hydrogen) atoms. The van der Waals surface area contributed by atoms with Crippen LogP contribution >= 0.6 is 0 Å². The zero-order valence-electron chi connectivity index (χ0n) is 11.1. The fraction of sp³-hybridized carbons (Fsp3) is 0.700. The van der Waals surface area contributed by atoms with Crippen LogP contribution in [-0.4, -0.2) is 51.4 Å². The summed E-state index contributed by atoms with van der Waals surface area (Å²) in [5, 5.41) is -0.0206. The van der Waals surface area contributed by atoms with E-state index in [1.54, 1.807) is 14.2 Å². The first-order valence-corrected chi connectivity index (χ1v) is 7.30. The smallest absolute Gasteiger partial charge is 0.260 e. The quantitative estimate of drug-likeness (QED) is 0.585. The van der Waals surface area contributed by atoms with Gasteiger partial charge < -0.3 is 19.8 Å². The van der Waals surface area contributed by atoms with Gasteiger partial charge in [-0.1, -0.05) is 0 Å². The summed E-state index contributed by atoms with van der Waals surface area (Å²) in [6, 6.07) is 0. The van der Waals surface area contributed by atoms with Crippen LogP contribution in [0, 0.1) is 0 Å². The summed E-state index contributed by atoms with van der Waals surface area (Å²) in [7, 11) is -0.462. The Bertz CT molecular complexity index is 466. The Labute approximate surface area is 113 Å². The zero-order chi connectivity index (χ0) is 14.3.